The highest BCUT2D eigenvalue weighted by Gasteiger charge is 2.05. The summed E-state index contributed by atoms with van der Waals surface area (Å²) in [5, 5.41) is 8.86. The number of hydrogen-bond acceptors (Lipinski definition) is 1. The molecule has 0 radical (unpaired) electrons. The predicted octanol–water partition coefficient (Wildman–Crippen LogP) is 5.48. The van der Waals surface area contributed by atoms with Crippen LogP contribution in [0.3, 0.4) is 0 Å². The molecule has 0 spiro atoms. The molecule has 0 fully saturated rings. The van der Waals surface area contributed by atoms with Gasteiger partial charge in [0.25, 0.3) is 0 Å². The zero-order valence-electron chi connectivity index (χ0n) is 11.9. The average Bonchev–Trinajstić information content (AvgIpc) is 2.46. The molecule has 6 heteroatoms. The molecule has 0 atom stereocenters. The van der Waals surface area contributed by atoms with Gasteiger partial charge in [0.2, 0.25) is 0 Å². The Morgan fingerprint density at radius 2 is 1.86 bits per heavy atom. The molecule has 2 aromatic rings. The lowest BCUT2D eigenvalue weighted by Gasteiger charge is -2.13. The van der Waals surface area contributed by atoms with Crippen molar-refractivity contribution >= 4 is 57.8 Å². The maximum Gasteiger partial charge on any atom is 0.170 e. The van der Waals surface area contributed by atoms with E-state index in [1.165, 1.54) is 0 Å². The monoisotopic (exact) mass is 372 g/mol. The van der Waals surface area contributed by atoms with Crippen molar-refractivity contribution in [1.29, 1.82) is 0 Å². The fourth-order valence-electron chi connectivity index (χ4n) is 1.94. The second-order valence-electron chi connectivity index (χ2n) is 4.78. The van der Waals surface area contributed by atoms with E-state index in [0.717, 1.165) is 23.2 Å². The van der Waals surface area contributed by atoms with Gasteiger partial charge in [0.15, 0.2) is 5.11 Å². The Labute approximate surface area is 150 Å². The topological polar surface area (TPSA) is 24.1 Å². The highest BCUT2D eigenvalue weighted by molar-refractivity contribution is 7.80. The van der Waals surface area contributed by atoms with Gasteiger partial charge in [-0.3, -0.25) is 0 Å². The van der Waals surface area contributed by atoms with Gasteiger partial charge >= 0.3 is 0 Å². The molecule has 0 heterocycles. The van der Waals surface area contributed by atoms with E-state index >= 15 is 0 Å². The van der Waals surface area contributed by atoms with Crippen LogP contribution in [-0.2, 0) is 6.42 Å². The predicted molar refractivity (Wildman–Crippen MR) is 101 cm³/mol. The maximum absolute atomic E-state index is 6.14. The van der Waals surface area contributed by atoms with Gasteiger partial charge in [0.05, 0.1) is 0 Å². The molecular weight excluding hydrogens is 359 g/mol. The summed E-state index contributed by atoms with van der Waals surface area (Å²) < 4.78 is 0. The van der Waals surface area contributed by atoms with Gasteiger partial charge in [-0.1, -0.05) is 46.9 Å². The smallest absolute Gasteiger partial charge is 0.170 e. The summed E-state index contributed by atoms with van der Waals surface area (Å²) in [6, 6.07) is 11.2. The van der Waals surface area contributed by atoms with E-state index in [2.05, 4.69) is 10.6 Å². The van der Waals surface area contributed by atoms with Crippen LogP contribution < -0.4 is 10.6 Å². The van der Waals surface area contributed by atoms with E-state index in [-0.39, 0.29) is 0 Å². The van der Waals surface area contributed by atoms with Crippen LogP contribution in [0.2, 0.25) is 15.1 Å². The number of rotatable bonds is 4. The number of hydrogen-bond donors (Lipinski definition) is 2. The van der Waals surface area contributed by atoms with Crippen LogP contribution >= 0.6 is 47.0 Å². The molecule has 2 N–H and O–H groups in total. The van der Waals surface area contributed by atoms with Crippen molar-refractivity contribution in [1.82, 2.24) is 5.32 Å². The molecule has 0 saturated heterocycles. The van der Waals surface area contributed by atoms with Gasteiger partial charge in [-0.15, -0.1) is 0 Å². The van der Waals surface area contributed by atoms with E-state index in [1.807, 2.05) is 37.3 Å². The van der Waals surface area contributed by atoms with Crippen LogP contribution in [0, 0.1) is 6.92 Å². The minimum absolute atomic E-state index is 0.551. The first-order chi connectivity index (χ1) is 10.5. The number of nitrogens with one attached hydrogen (secondary N) is 2. The first-order valence-electron chi connectivity index (χ1n) is 6.71. The number of benzene rings is 2. The quantitative estimate of drug-likeness (QED) is 0.693. The molecule has 0 aliphatic heterocycles. The summed E-state index contributed by atoms with van der Waals surface area (Å²) >= 11 is 23.4. The van der Waals surface area contributed by atoms with Crippen molar-refractivity contribution in [3.05, 3.63) is 62.6 Å². The molecule has 2 aromatic carbocycles. The number of thiocarbonyl (C=S) groups is 1. The zero-order chi connectivity index (χ0) is 16.1. The Kier molecular flexibility index (Phi) is 6.33. The Morgan fingerprint density at radius 3 is 2.59 bits per heavy atom. The summed E-state index contributed by atoms with van der Waals surface area (Å²) in [7, 11) is 0. The molecule has 22 heavy (non-hydrogen) atoms. The van der Waals surface area contributed by atoms with Crippen LogP contribution in [0.25, 0.3) is 0 Å². The highest BCUT2D eigenvalue weighted by Crippen LogP contribution is 2.23. The fraction of sp³-hybridized carbons (Fsp3) is 0.188. The summed E-state index contributed by atoms with van der Waals surface area (Å²) in [5.41, 5.74) is 2.89. The van der Waals surface area contributed by atoms with Crippen LogP contribution in [0.4, 0.5) is 5.69 Å². The summed E-state index contributed by atoms with van der Waals surface area (Å²) in [6.45, 7) is 2.62. The van der Waals surface area contributed by atoms with E-state index in [4.69, 9.17) is 47.0 Å². The van der Waals surface area contributed by atoms with Crippen LogP contribution in [0.5, 0.6) is 0 Å². The lowest BCUT2D eigenvalue weighted by atomic mass is 10.1. The molecule has 2 rings (SSSR count). The third-order valence-corrected chi connectivity index (χ3v) is 4.45. The van der Waals surface area contributed by atoms with Crippen LogP contribution in [-0.4, -0.2) is 11.7 Å². The third-order valence-electron chi connectivity index (χ3n) is 3.21. The van der Waals surface area contributed by atoms with Crippen molar-refractivity contribution in [3.8, 4) is 0 Å². The zero-order valence-corrected chi connectivity index (χ0v) is 15.0. The average molecular weight is 374 g/mol. The highest BCUT2D eigenvalue weighted by atomic mass is 35.5. The van der Waals surface area contributed by atoms with Gasteiger partial charge < -0.3 is 10.6 Å². The minimum atomic E-state index is 0.551. The SMILES string of the molecule is Cc1c(Cl)cccc1NC(=S)NCCc1ccc(Cl)cc1Cl. The molecule has 0 bridgehead atoms. The molecular formula is C16H15Cl3N2S. The molecule has 0 amide bonds. The number of anilines is 1. The van der Waals surface area contributed by atoms with Crippen molar-refractivity contribution in [2.45, 2.75) is 13.3 Å². The van der Waals surface area contributed by atoms with Crippen molar-refractivity contribution in [2.24, 2.45) is 0 Å². The standard InChI is InChI=1S/C16H15Cl3N2S/c1-10-13(18)3-2-4-15(10)21-16(22)20-8-7-11-5-6-12(17)9-14(11)19/h2-6,9H,7-8H2,1H3,(H2,20,21,22). The van der Waals surface area contributed by atoms with Gasteiger partial charge in [-0.2, -0.15) is 0 Å². The second-order valence-corrected chi connectivity index (χ2v) is 6.44. The molecule has 0 aliphatic rings. The van der Waals surface area contributed by atoms with Gasteiger partial charge in [0.1, 0.15) is 0 Å². The molecule has 0 aliphatic carbocycles. The largest absolute Gasteiger partial charge is 0.362 e. The second kappa shape index (κ2) is 8.02. The molecule has 0 saturated carbocycles. The molecule has 0 aromatic heterocycles. The Balaban J connectivity index is 1.87. The molecule has 116 valence electrons. The van der Waals surface area contributed by atoms with E-state index in [0.29, 0.717) is 26.7 Å². The normalized spacial score (nSPS) is 10.4. The first-order valence-corrected chi connectivity index (χ1v) is 8.25. The number of halogens is 3. The lowest BCUT2D eigenvalue weighted by molar-refractivity contribution is 0.873. The van der Waals surface area contributed by atoms with E-state index < -0.39 is 0 Å². The Hall–Kier alpha value is -1.000. The van der Waals surface area contributed by atoms with Crippen LogP contribution in [0.1, 0.15) is 11.1 Å². The summed E-state index contributed by atoms with van der Waals surface area (Å²) in [5.74, 6) is 0. The van der Waals surface area contributed by atoms with Gasteiger partial charge in [-0.05, 0) is 61.0 Å². The lowest BCUT2D eigenvalue weighted by Crippen LogP contribution is -2.30. The minimum Gasteiger partial charge on any atom is -0.362 e. The third kappa shape index (κ3) is 4.75. The maximum atomic E-state index is 6.14. The summed E-state index contributed by atoms with van der Waals surface area (Å²) in [4.78, 5) is 0. The Bertz CT molecular complexity index is 689. The van der Waals surface area contributed by atoms with Gasteiger partial charge in [-0.25, -0.2) is 0 Å². The first kappa shape index (κ1) is 17.4. The van der Waals surface area contributed by atoms with Gasteiger partial charge in [0, 0.05) is 27.3 Å². The Morgan fingerprint density at radius 1 is 1.09 bits per heavy atom. The fourth-order valence-corrected chi connectivity index (χ4v) is 2.83. The molecule has 0 unspecified atom stereocenters. The van der Waals surface area contributed by atoms with E-state index in [9.17, 15) is 0 Å². The van der Waals surface area contributed by atoms with Crippen molar-refractivity contribution in [2.75, 3.05) is 11.9 Å². The summed E-state index contributed by atoms with van der Waals surface area (Å²) in [6.07, 6.45) is 0.756. The van der Waals surface area contributed by atoms with Crippen LogP contribution in [0.15, 0.2) is 36.4 Å². The molecule has 2 nitrogen and oxygen atoms in total. The van der Waals surface area contributed by atoms with Crippen molar-refractivity contribution in [3.63, 3.8) is 0 Å². The van der Waals surface area contributed by atoms with Crippen molar-refractivity contribution < 1.29 is 0 Å². The van der Waals surface area contributed by atoms with E-state index in [1.54, 1.807) is 6.07 Å².